The van der Waals surface area contributed by atoms with Gasteiger partial charge >= 0.3 is 0 Å². The Balaban J connectivity index is 0.000000167. The van der Waals surface area contributed by atoms with E-state index in [-0.39, 0.29) is 43.7 Å². The van der Waals surface area contributed by atoms with E-state index in [1.54, 1.807) is 20.2 Å². The SMILES string of the molecule is C.C.C[C@H](c1ccccc1)n1sc2ncccc2c1=O.Cc1nnc2c(c1C)C(=O)CS2.Cc1nnc2sn(CN3CCN(C(=O)C4CC4)CC3)c(=O)c2c1C. The third-order valence-corrected chi connectivity index (χ3v) is 13.2. The Labute approximate surface area is 339 Å². The molecular formula is C40H49N9O4S3. The van der Waals surface area contributed by atoms with Crippen LogP contribution in [0.4, 0.5) is 0 Å². The van der Waals surface area contributed by atoms with Crippen LogP contribution in [0.2, 0.25) is 0 Å². The van der Waals surface area contributed by atoms with Gasteiger partial charge in [0.2, 0.25) is 5.91 Å². The van der Waals surface area contributed by atoms with Crippen LogP contribution in [-0.4, -0.2) is 86.7 Å². The third kappa shape index (κ3) is 8.83. The van der Waals surface area contributed by atoms with Gasteiger partial charge in [-0.1, -0.05) is 56.9 Å². The fourth-order valence-electron chi connectivity index (χ4n) is 6.37. The Morgan fingerprint density at radius 2 is 1.48 bits per heavy atom. The van der Waals surface area contributed by atoms with Gasteiger partial charge in [0, 0.05) is 38.3 Å². The number of pyridine rings is 1. The quantitative estimate of drug-likeness (QED) is 0.183. The van der Waals surface area contributed by atoms with Crippen molar-refractivity contribution in [3.63, 3.8) is 0 Å². The molecule has 1 saturated heterocycles. The smallest absolute Gasteiger partial charge is 0.271 e. The number of fused-ring (bicyclic) bond motifs is 3. The molecule has 0 spiro atoms. The molecule has 1 amide bonds. The number of hydrogen-bond donors (Lipinski definition) is 0. The summed E-state index contributed by atoms with van der Waals surface area (Å²) in [5.74, 6) is 1.31. The first-order valence-electron chi connectivity index (χ1n) is 17.9. The number of rotatable bonds is 5. The summed E-state index contributed by atoms with van der Waals surface area (Å²) in [6.07, 6.45) is 3.82. The number of carbonyl (C=O) groups is 2. The Kier molecular flexibility index (Phi) is 13.7. The second-order valence-electron chi connectivity index (χ2n) is 13.7. The molecule has 2 fully saturated rings. The molecule has 13 nitrogen and oxygen atoms in total. The molecule has 9 rings (SSSR count). The van der Waals surface area contributed by atoms with Gasteiger partial charge in [0.15, 0.2) is 10.6 Å². The summed E-state index contributed by atoms with van der Waals surface area (Å²) in [5.41, 5.74) is 5.52. The molecule has 296 valence electrons. The van der Waals surface area contributed by atoms with Gasteiger partial charge in [0.1, 0.15) is 9.86 Å². The number of thioether (sulfide) groups is 1. The van der Waals surface area contributed by atoms with E-state index in [1.165, 1.54) is 34.8 Å². The minimum Gasteiger partial charge on any atom is -0.340 e. The summed E-state index contributed by atoms with van der Waals surface area (Å²) in [7, 11) is 0. The standard InChI is InChI=1S/C16H21N5O2S.C14H12N2OS.C8H8N2OS.2CH4/c1-10-11(2)17-18-14-13(10)16(23)21(24-14)9-19-5-7-20(8-6-19)15(22)12-3-4-12;1-10(11-6-3-2-4-7-11)16-14(17)12-8-5-9-15-13(12)18-16;1-4-5(2)9-10-8-7(4)6(11)3-12-8;;/h12H,3-9H2,1-2H3;2-10H,1H3;3H2,1-2H3;2*1H4/t;10-;;;/m.1.../s1. The maximum absolute atomic E-state index is 12.7. The lowest BCUT2D eigenvalue weighted by Crippen LogP contribution is -2.49. The topological polar surface area (TPSA) is 149 Å². The van der Waals surface area contributed by atoms with Crippen molar-refractivity contribution in [2.24, 2.45) is 5.92 Å². The number of ketones is 1. The average molecular weight is 816 g/mol. The van der Waals surface area contributed by atoms with Crippen molar-refractivity contribution in [1.82, 2.24) is 43.1 Å². The molecule has 1 aromatic carbocycles. The Morgan fingerprint density at radius 1 is 0.804 bits per heavy atom. The molecule has 1 saturated carbocycles. The minimum absolute atomic E-state index is 0. The third-order valence-electron chi connectivity index (χ3n) is 10.1. The molecule has 0 unspecified atom stereocenters. The fraction of sp³-hybridized carbons (Fsp3) is 0.425. The van der Waals surface area contributed by atoms with Gasteiger partial charge in [-0.2, -0.15) is 10.2 Å². The maximum atomic E-state index is 12.7. The van der Waals surface area contributed by atoms with Crippen LogP contribution in [0, 0.1) is 33.6 Å². The summed E-state index contributed by atoms with van der Waals surface area (Å²) in [5, 5.41) is 18.4. The molecule has 7 heterocycles. The first-order valence-corrected chi connectivity index (χ1v) is 20.4. The summed E-state index contributed by atoms with van der Waals surface area (Å²) in [4.78, 5) is 58.3. The molecule has 1 aliphatic carbocycles. The Hall–Kier alpha value is -4.64. The number of benzene rings is 1. The minimum atomic E-state index is 0. The molecule has 0 radical (unpaired) electrons. The molecular weight excluding hydrogens is 767 g/mol. The van der Waals surface area contributed by atoms with E-state index in [1.807, 2.05) is 75.9 Å². The van der Waals surface area contributed by atoms with Gasteiger partial charge in [-0.25, -0.2) is 8.94 Å². The number of nitrogens with zero attached hydrogens (tertiary/aromatic N) is 9. The number of carbonyl (C=O) groups excluding carboxylic acids is 2. The van der Waals surface area contributed by atoms with Crippen molar-refractivity contribution in [2.45, 2.75) is 80.1 Å². The van der Waals surface area contributed by atoms with E-state index in [2.05, 4.69) is 30.3 Å². The van der Waals surface area contributed by atoms with Crippen molar-refractivity contribution >= 4 is 67.0 Å². The van der Waals surface area contributed by atoms with Crippen LogP contribution < -0.4 is 11.1 Å². The van der Waals surface area contributed by atoms with Crippen LogP contribution in [-0.2, 0) is 11.5 Å². The van der Waals surface area contributed by atoms with Gasteiger partial charge < -0.3 is 4.90 Å². The monoisotopic (exact) mass is 815 g/mol. The molecule has 1 atom stereocenters. The average Bonchev–Trinajstić information content (AvgIpc) is 3.80. The van der Waals surface area contributed by atoms with Crippen molar-refractivity contribution < 1.29 is 9.59 Å². The largest absolute Gasteiger partial charge is 0.340 e. The number of aromatic nitrogens is 7. The van der Waals surface area contributed by atoms with Crippen molar-refractivity contribution in [3.8, 4) is 0 Å². The van der Waals surface area contributed by atoms with Gasteiger partial charge in [-0.15, -0.1) is 10.2 Å². The van der Waals surface area contributed by atoms with Crippen LogP contribution in [0.1, 0.15) is 79.1 Å². The summed E-state index contributed by atoms with van der Waals surface area (Å²) in [6.45, 7) is 13.3. The van der Waals surface area contributed by atoms with Crippen LogP contribution in [0.3, 0.4) is 0 Å². The van der Waals surface area contributed by atoms with E-state index in [4.69, 9.17) is 0 Å². The van der Waals surface area contributed by atoms with Gasteiger partial charge in [-0.05, 0) is 99.3 Å². The van der Waals surface area contributed by atoms with Gasteiger partial charge in [0.05, 0.1) is 46.2 Å². The van der Waals surface area contributed by atoms with Crippen molar-refractivity contribution in [3.05, 3.63) is 103 Å². The second-order valence-corrected chi connectivity index (χ2v) is 16.6. The van der Waals surface area contributed by atoms with E-state index < -0.39 is 0 Å². The summed E-state index contributed by atoms with van der Waals surface area (Å²) >= 11 is 4.27. The molecule has 3 aliphatic rings. The zero-order chi connectivity index (χ0) is 38.1. The zero-order valence-electron chi connectivity index (χ0n) is 30.8. The van der Waals surface area contributed by atoms with Gasteiger partial charge in [0.25, 0.3) is 11.1 Å². The number of Topliss-reactive ketones (excluding diaryl/α,β-unsaturated/α-hetero) is 1. The highest BCUT2D eigenvalue weighted by Gasteiger charge is 2.34. The highest BCUT2D eigenvalue weighted by atomic mass is 32.2. The molecule has 56 heavy (non-hydrogen) atoms. The first-order chi connectivity index (χ1) is 26.0. The fourth-order valence-corrected chi connectivity index (χ4v) is 9.31. The number of amides is 1. The zero-order valence-corrected chi connectivity index (χ0v) is 33.3. The van der Waals surface area contributed by atoms with Crippen LogP contribution in [0.15, 0.2) is 63.3 Å². The molecule has 6 aromatic rings. The van der Waals surface area contributed by atoms with E-state index >= 15 is 0 Å². The van der Waals surface area contributed by atoms with Crippen LogP contribution in [0.5, 0.6) is 0 Å². The van der Waals surface area contributed by atoms with Crippen molar-refractivity contribution in [1.29, 1.82) is 0 Å². The van der Waals surface area contributed by atoms with Crippen LogP contribution in [0.25, 0.3) is 20.4 Å². The van der Waals surface area contributed by atoms with Gasteiger partial charge in [-0.3, -0.25) is 28.0 Å². The normalized spacial score (nSPS) is 15.5. The van der Waals surface area contributed by atoms with E-state index in [9.17, 15) is 19.2 Å². The van der Waals surface area contributed by atoms with Crippen LogP contribution >= 0.6 is 34.8 Å². The molecule has 0 N–H and O–H groups in total. The molecule has 16 heteroatoms. The summed E-state index contributed by atoms with van der Waals surface area (Å²) < 4.78 is 3.54. The summed E-state index contributed by atoms with van der Waals surface area (Å²) in [6, 6.07) is 13.7. The lowest BCUT2D eigenvalue weighted by molar-refractivity contribution is -0.134. The number of aryl methyl sites for hydroxylation is 3. The highest BCUT2D eigenvalue weighted by Crippen LogP contribution is 2.32. The number of piperazine rings is 1. The lowest BCUT2D eigenvalue weighted by Gasteiger charge is -2.34. The predicted octanol–water partition coefficient (Wildman–Crippen LogP) is 6.70. The number of hydrogen-bond acceptors (Lipinski definition) is 13. The predicted molar refractivity (Wildman–Crippen MR) is 226 cm³/mol. The van der Waals surface area contributed by atoms with Crippen molar-refractivity contribution in [2.75, 3.05) is 31.9 Å². The first kappa shape index (κ1) is 42.5. The van der Waals surface area contributed by atoms with E-state index in [0.717, 1.165) is 82.5 Å². The molecule has 5 aromatic heterocycles. The highest BCUT2D eigenvalue weighted by molar-refractivity contribution is 8.00. The molecule has 2 aliphatic heterocycles. The lowest BCUT2D eigenvalue weighted by atomic mass is 10.1. The Morgan fingerprint density at radius 3 is 2.16 bits per heavy atom. The Bertz CT molecular complexity index is 2460. The maximum Gasteiger partial charge on any atom is 0.271 e. The van der Waals surface area contributed by atoms with E-state index in [0.29, 0.717) is 33.9 Å². The molecule has 0 bridgehead atoms. The second kappa shape index (κ2) is 18.1.